The highest BCUT2D eigenvalue weighted by molar-refractivity contribution is 5.83. The standard InChI is InChI=1S/C18H18N4O2/c1-22(2)16-9-7-14(8-10-16)12-20-21-18(23)13-24-17-6-4-3-5-15(17)11-19/h3-10,12H,13H2,1-2H3,(H,21,23)/b20-12+. The van der Waals surface area contributed by atoms with Crippen molar-refractivity contribution in [2.75, 3.05) is 25.6 Å². The van der Waals surface area contributed by atoms with E-state index in [9.17, 15) is 4.79 Å². The second-order valence-electron chi connectivity index (χ2n) is 5.18. The highest BCUT2D eigenvalue weighted by Crippen LogP contribution is 2.16. The molecule has 24 heavy (non-hydrogen) atoms. The van der Waals surface area contributed by atoms with Crippen molar-refractivity contribution in [3.63, 3.8) is 0 Å². The first kappa shape index (κ1) is 17.0. The molecule has 122 valence electrons. The predicted octanol–water partition coefficient (Wildman–Crippen LogP) is 2.15. The fourth-order valence-electron chi connectivity index (χ4n) is 1.90. The first-order valence-corrected chi connectivity index (χ1v) is 7.31. The third-order valence-electron chi connectivity index (χ3n) is 3.18. The number of carbonyl (C=O) groups is 1. The molecule has 2 aromatic carbocycles. The Bertz CT molecular complexity index is 761. The van der Waals surface area contributed by atoms with E-state index in [0.717, 1.165) is 11.3 Å². The molecule has 0 atom stereocenters. The van der Waals surface area contributed by atoms with E-state index >= 15 is 0 Å². The molecule has 0 unspecified atom stereocenters. The van der Waals surface area contributed by atoms with Crippen LogP contribution in [0.25, 0.3) is 0 Å². The summed E-state index contributed by atoms with van der Waals surface area (Å²) in [7, 11) is 3.93. The molecule has 0 aromatic heterocycles. The molecule has 0 aliphatic rings. The molecular weight excluding hydrogens is 304 g/mol. The van der Waals surface area contributed by atoms with Crippen LogP contribution in [-0.2, 0) is 4.79 Å². The fraction of sp³-hybridized carbons (Fsp3) is 0.167. The van der Waals surface area contributed by atoms with E-state index in [0.29, 0.717) is 11.3 Å². The molecule has 1 N–H and O–H groups in total. The lowest BCUT2D eigenvalue weighted by molar-refractivity contribution is -0.123. The van der Waals surface area contributed by atoms with Gasteiger partial charge in [-0.05, 0) is 29.8 Å². The molecule has 0 aliphatic heterocycles. The number of hydrogen-bond acceptors (Lipinski definition) is 5. The predicted molar refractivity (Wildman–Crippen MR) is 93.2 cm³/mol. The van der Waals surface area contributed by atoms with Crippen molar-refractivity contribution < 1.29 is 9.53 Å². The van der Waals surface area contributed by atoms with E-state index in [4.69, 9.17) is 10.00 Å². The topological polar surface area (TPSA) is 77.7 Å². The Morgan fingerprint density at radius 3 is 2.62 bits per heavy atom. The van der Waals surface area contributed by atoms with Crippen molar-refractivity contribution in [3.8, 4) is 11.8 Å². The molecule has 1 amide bonds. The van der Waals surface area contributed by atoms with Gasteiger partial charge in [-0.2, -0.15) is 10.4 Å². The average molecular weight is 322 g/mol. The summed E-state index contributed by atoms with van der Waals surface area (Å²) in [6, 6.07) is 16.5. The van der Waals surface area contributed by atoms with E-state index in [-0.39, 0.29) is 6.61 Å². The Labute approximate surface area is 141 Å². The van der Waals surface area contributed by atoms with Gasteiger partial charge in [0.15, 0.2) is 6.61 Å². The van der Waals surface area contributed by atoms with E-state index < -0.39 is 5.91 Å². The molecule has 6 heteroatoms. The number of nitrogens with one attached hydrogen (secondary N) is 1. The van der Waals surface area contributed by atoms with Crippen LogP contribution >= 0.6 is 0 Å². The Morgan fingerprint density at radius 1 is 1.25 bits per heavy atom. The molecule has 0 spiro atoms. The molecule has 0 aliphatic carbocycles. The molecule has 0 heterocycles. The number of carbonyl (C=O) groups excluding carboxylic acids is 1. The Kier molecular flexibility index (Phi) is 5.92. The third-order valence-corrected chi connectivity index (χ3v) is 3.18. The zero-order chi connectivity index (χ0) is 17.4. The normalized spacial score (nSPS) is 10.2. The van der Waals surface area contributed by atoms with Gasteiger partial charge in [0, 0.05) is 19.8 Å². The molecule has 2 aromatic rings. The van der Waals surface area contributed by atoms with Crippen LogP contribution in [0.5, 0.6) is 5.75 Å². The summed E-state index contributed by atoms with van der Waals surface area (Å²) in [6.07, 6.45) is 1.56. The third kappa shape index (κ3) is 4.85. The molecular formula is C18H18N4O2. The van der Waals surface area contributed by atoms with Crippen LogP contribution in [0.15, 0.2) is 53.6 Å². The first-order chi connectivity index (χ1) is 11.6. The quantitative estimate of drug-likeness (QED) is 0.653. The molecule has 0 radical (unpaired) electrons. The lowest BCUT2D eigenvalue weighted by Crippen LogP contribution is -2.24. The molecule has 6 nitrogen and oxygen atoms in total. The lowest BCUT2D eigenvalue weighted by Gasteiger charge is -2.11. The SMILES string of the molecule is CN(C)c1ccc(/C=N/NC(=O)COc2ccccc2C#N)cc1. The van der Waals surface area contributed by atoms with Crippen LogP contribution in [0.3, 0.4) is 0 Å². The number of rotatable bonds is 6. The van der Waals surface area contributed by atoms with Crippen molar-refractivity contribution >= 4 is 17.8 Å². The second kappa shape index (κ2) is 8.34. The van der Waals surface area contributed by atoms with Crippen LogP contribution < -0.4 is 15.1 Å². The highest BCUT2D eigenvalue weighted by Gasteiger charge is 2.05. The largest absolute Gasteiger partial charge is 0.482 e. The maximum atomic E-state index is 11.7. The van der Waals surface area contributed by atoms with Crippen molar-refractivity contribution in [2.45, 2.75) is 0 Å². The van der Waals surface area contributed by atoms with E-state index in [1.807, 2.05) is 49.3 Å². The van der Waals surface area contributed by atoms with E-state index in [2.05, 4.69) is 10.5 Å². The van der Waals surface area contributed by atoms with Gasteiger partial charge in [-0.15, -0.1) is 0 Å². The number of hydrogen-bond donors (Lipinski definition) is 1. The van der Waals surface area contributed by atoms with Crippen LogP contribution in [0.1, 0.15) is 11.1 Å². The van der Waals surface area contributed by atoms with Gasteiger partial charge in [0.25, 0.3) is 5.91 Å². The zero-order valence-electron chi connectivity index (χ0n) is 13.6. The van der Waals surface area contributed by atoms with E-state index in [1.54, 1.807) is 30.5 Å². The van der Waals surface area contributed by atoms with Gasteiger partial charge in [-0.3, -0.25) is 4.79 Å². The van der Waals surface area contributed by atoms with Gasteiger partial charge in [0.1, 0.15) is 11.8 Å². The van der Waals surface area contributed by atoms with Crippen LogP contribution in [0, 0.1) is 11.3 Å². The van der Waals surface area contributed by atoms with Gasteiger partial charge in [-0.25, -0.2) is 5.43 Å². The summed E-state index contributed by atoms with van der Waals surface area (Å²) in [5, 5.41) is 12.8. The molecule has 0 saturated carbocycles. The number of ether oxygens (including phenoxy) is 1. The molecule has 0 bridgehead atoms. The first-order valence-electron chi connectivity index (χ1n) is 7.31. The van der Waals surface area contributed by atoms with Gasteiger partial charge in [-0.1, -0.05) is 24.3 Å². The van der Waals surface area contributed by atoms with E-state index in [1.165, 1.54) is 0 Å². The maximum absolute atomic E-state index is 11.7. The molecule has 0 saturated heterocycles. The summed E-state index contributed by atoms with van der Waals surface area (Å²) in [4.78, 5) is 13.7. The Balaban J connectivity index is 1.83. The minimum absolute atomic E-state index is 0.213. The number of nitriles is 1. The number of anilines is 1. The number of hydrazone groups is 1. The molecule has 2 rings (SSSR count). The molecule has 0 fully saturated rings. The number of benzene rings is 2. The average Bonchev–Trinajstić information content (AvgIpc) is 2.60. The minimum atomic E-state index is -0.399. The summed E-state index contributed by atoms with van der Waals surface area (Å²) in [5.41, 5.74) is 4.73. The number of nitrogens with zero attached hydrogens (tertiary/aromatic N) is 3. The smallest absolute Gasteiger partial charge is 0.277 e. The minimum Gasteiger partial charge on any atom is -0.482 e. The van der Waals surface area contributed by atoms with Crippen LogP contribution in [-0.4, -0.2) is 32.8 Å². The van der Waals surface area contributed by atoms with Gasteiger partial charge >= 0.3 is 0 Å². The summed E-state index contributed by atoms with van der Waals surface area (Å²) in [6.45, 7) is -0.213. The van der Waals surface area contributed by atoms with Crippen molar-refractivity contribution in [1.82, 2.24) is 5.43 Å². The second-order valence-corrected chi connectivity index (χ2v) is 5.18. The van der Waals surface area contributed by atoms with Gasteiger partial charge < -0.3 is 9.64 Å². The monoisotopic (exact) mass is 322 g/mol. The maximum Gasteiger partial charge on any atom is 0.277 e. The van der Waals surface area contributed by atoms with Crippen molar-refractivity contribution in [3.05, 3.63) is 59.7 Å². The number of para-hydroxylation sites is 1. The van der Waals surface area contributed by atoms with Crippen LogP contribution in [0.4, 0.5) is 5.69 Å². The Morgan fingerprint density at radius 2 is 1.96 bits per heavy atom. The van der Waals surface area contributed by atoms with Crippen LogP contribution in [0.2, 0.25) is 0 Å². The van der Waals surface area contributed by atoms with Crippen molar-refractivity contribution in [1.29, 1.82) is 5.26 Å². The Hall–Kier alpha value is -3.33. The summed E-state index contributed by atoms with van der Waals surface area (Å²) >= 11 is 0. The zero-order valence-corrected chi connectivity index (χ0v) is 13.6. The van der Waals surface area contributed by atoms with Crippen molar-refractivity contribution in [2.24, 2.45) is 5.10 Å². The summed E-state index contributed by atoms with van der Waals surface area (Å²) in [5.74, 6) is -0.0256. The lowest BCUT2D eigenvalue weighted by atomic mass is 10.2. The summed E-state index contributed by atoms with van der Waals surface area (Å²) < 4.78 is 5.32. The van der Waals surface area contributed by atoms with Gasteiger partial charge in [0.2, 0.25) is 0 Å². The number of amides is 1. The van der Waals surface area contributed by atoms with Gasteiger partial charge in [0.05, 0.1) is 11.8 Å². The fourth-order valence-corrected chi connectivity index (χ4v) is 1.90. The highest BCUT2D eigenvalue weighted by atomic mass is 16.5.